The van der Waals surface area contributed by atoms with Crippen molar-refractivity contribution in [2.24, 2.45) is 0 Å². The summed E-state index contributed by atoms with van der Waals surface area (Å²) in [4.78, 5) is 34.6. The largest absolute Gasteiger partial charge is 0.462 e. The van der Waals surface area contributed by atoms with E-state index in [0.29, 0.717) is 0 Å². The van der Waals surface area contributed by atoms with Gasteiger partial charge in [0.05, 0.1) is 13.2 Å². The van der Waals surface area contributed by atoms with Crippen molar-refractivity contribution in [1.82, 2.24) is 4.57 Å². The van der Waals surface area contributed by atoms with Gasteiger partial charge in [-0.15, -0.1) is 0 Å². The van der Waals surface area contributed by atoms with Crippen molar-refractivity contribution < 1.29 is 19.1 Å². The molecule has 1 aromatic rings. The van der Waals surface area contributed by atoms with Gasteiger partial charge in [-0.05, 0) is 26.0 Å². The van der Waals surface area contributed by atoms with E-state index in [1.165, 1.54) is 18.3 Å². The summed E-state index contributed by atoms with van der Waals surface area (Å²) >= 11 is 0. The maximum atomic E-state index is 11.8. The Morgan fingerprint density at radius 1 is 1.24 bits per heavy atom. The first-order valence-corrected chi connectivity index (χ1v) is 5.17. The van der Waals surface area contributed by atoms with Crippen LogP contribution in [0.3, 0.4) is 0 Å². The van der Waals surface area contributed by atoms with Crippen LogP contribution >= 0.6 is 0 Å². The Kier molecular flexibility index (Phi) is 4.45. The van der Waals surface area contributed by atoms with Gasteiger partial charge >= 0.3 is 12.1 Å². The molecule has 92 valence electrons. The van der Waals surface area contributed by atoms with Crippen LogP contribution in [0.1, 0.15) is 24.2 Å². The van der Waals surface area contributed by atoms with E-state index >= 15 is 0 Å². The van der Waals surface area contributed by atoms with E-state index in [1.807, 2.05) is 0 Å². The van der Waals surface area contributed by atoms with Gasteiger partial charge in [-0.2, -0.15) is 0 Å². The average Bonchev–Trinajstić information content (AvgIpc) is 2.29. The Bertz CT molecular complexity index is 438. The Hall–Kier alpha value is -2.11. The van der Waals surface area contributed by atoms with Crippen LogP contribution in [-0.2, 0) is 9.47 Å². The average molecular weight is 239 g/mol. The van der Waals surface area contributed by atoms with E-state index in [4.69, 9.17) is 4.74 Å². The fraction of sp³-hybridized carbons (Fsp3) is 0.364. The first-order chi connectivity index (χ1) is 8.11. The number of carbonyl (C=O) groups excluding carboxylic acids is 2. The summed E-state index contributed by atoms with van der Waals surface area (Å²) in [6.07, 6.45) is 0.423. The number of nitrogens with zero attached hydrogens (tertiary/aromatic N) is 1. The van der Waals surface area contributed by atoms with Gasteiger partial charge in [0.15, 0.2) is 0 Å². The second-order valence-corrected chi connectivity index (χ2v) is 3.02. The number of hydrogen-bond acceptors (Lipinski definition) is 5. The number of carbonyl (C=O) groups is 2. The molecule has 1 rings (SSSR count). The van der Waals surface area contributed by atoms with Crippen LogP contribution in [0.25, 0.3) is 0 Å². The van der Waals surface area contributed by atoms with E-state index in [2.05, 4.69) is 4.74 Å². The zero-order chi connectivity index (χ0) is 12.8. The second kappa shape index (κ2) is 5.83. The zero-order valence-electron chi connectivity index (χ0n) is 9.63. The maximum Gasteiger partial charge on any atom is 0.420 e. The van der Waals surface area contributed by atoms with Crippen LogP contribution in [0.4, 0.5) is 4.79 Å². The van der Waals surface area contributed by atoms with Crippen molar-refractivity contribution in [2.45, 2.75) is 13.8 Å². The van der Waals surface area contributed by atoms with Gasteiger partial charge < -0.3 is 9.47 Å². The zero-order valence-corrected chi connectivity index (χ0v) is 9.63. The molecule has 0 N–H and O–H groups in total. The molecule has 0 aliphatic carbocycles. The predicted molar refractivity (Wildman–Crippen MR) is 59.1 cm³/mol. The minimum Gasteiger partial charge on any atom is -0.462 e. The number of pyridine rings is 1. The Labute approximate surface area is 97.8 Å². The summed E-state index contributed by atoms with van der Waals surface area (Å²) < 4.78 is 10.1. The lowest BCUT2D eigenvalue weighted by Crippen LogP contribution is -2.31. The van der Waals surface area contributed by atoms with Crippen molar-refractivity contribution in [2.75, 3.05) is 13.2 Å². The molecule has 0 saturated carbocycles. The van der Waals surface area contributed by atoms with Gasteiger partial charge in [0, 0.05) is 6.20 Å². The van der Waals surface area contributed by atoms with Gasteiger partial charge in [-0.3, -0.25) is 4.79 Å². The maximum absolute atomic E-state index is 11.8. The molecule has 0 fully saturated rings. The number of esters is 1. The molecule has 1 heterocycles. The quantitative estimate of drug-likeness (QED) is 0.736. The molecule has 6 nitrogen and oxygen atoms in total. The smallest absolute Gasteiger partial charge is 0.420 e. The normalized spacial score (nSPS) is 9.76. The van der Waals surface area contributed by atoms with Crippen LogP contribution in [0.5, 0.6) is 0 Å². The lowest BCUT2D eigenvalue weighted by atomic mass is 10.3. The van der Waals surface area contributed by atoms with E-state index in [9.17, 15) is 14.4 Å². The molecule has 0 aromatic carbocycles. The molecule has 0 atom stereocenters. The molecule has 0 radical (unpaired) electrons. The molecule has 1 aromatic heterocycles. The molecule has 0 saturated heterocycles. The third-order valence-corrected chi connectivity index (χ3v) is 1.91. The predicted octanol–water partition coefficient (Wildman–Crippen LogP) is 1.03. The van der Waals surface area contributed by atoms with Crippen LogP contribution < -0.4 is 5.56 Å². The van der Waals surface area contributed by atoms with Gasteiger partial charge in [0.2, 0.25) is 0 Å². The minimum atomic E-state index is -0.816. The van der Waals surface area contributed by atoms with Crippen LogP contribution in [0, 0.1) is 0 Å². The third-order valence-electron chi connectivity index (χ3n) is 1.91. The van der Waals surface area contributed by atoms with E-state index in [-0.39, 0.29) is 18.8 Å². The fourth-order valence-electron chi connectivity index (χ4n) is 1.20. The molecule has 6 heteroatoms. The lowest BCUT2D eigenvalue weighted by Gasteiger charge is -2.06. The summed E-state index contributed by atoms with van der Waals surface area (Å²) in [5.41, 5.74) is -0.938. The highest BCUT2D eigenvalue weighted by Crippen LogP contribution is 1.96. The van der Waals surface area contributed by atoms with Gasteiger partial charge in [0.1, 0.15) is 5.56 Å². The van der Waals surface area contributed by atoms with Crippen LogP contribution in [0.15, 0.2) is 23.1 Å². The topological polar surface area (TPSA) is 74.6 Å². The van der Waals surface area contributed by atoms with Gasteiger partial charge in [-0.1, -0.05) is 0 Å². The molecule has 0 aliphatic heterocycles. The SMILES string of the molecule is CCOC(=O)c1cccn(C(=O)OCC)c1=O. The Morgan fingerprint density at radius 3 is 2.47 bits per heavy atom. The van der Waals surface area contributed by atoms with Gasteiger partial charge in [-0.25, -0.2) is 14.2 Å². The summed E-state index contributed by atoms with van der Waals surface area (Å²) in [6.45, 7) is 3.56. The molecular formula is C11H13NO5. The minimum absolute atomic E-state index is 0.148. The van der Waals surface area contributed by atoms with Crippen molar-refractivity contribution in [3.05, 3.63) is 34.2 Å². The molecular weight excluding hydrogens is 226 g/mol. The highest BCUT2D eigenvalue weighted by atomic mass is 16.5. The monoisotopic (exact) mass is 239 g/mol. The summed E-state index contributed by atoms with van der Waals surface area (Å²) in [5, 5.41) is 0. The van der Waals surface area contributed by atoms with E-state index < -0.39 is 17.6 Å². The fourth-order valence-corrected chi connectivity index (χ4v) is 1.20. The number of hydrogen-bond donors (Lipinski definition) is 0. The third kappa shape index (κ3) is 2.93. The van der Waals surface area contributed by atoms with Crippen molar-refractivity contribution in [1.29, 1.82) is 0 Å². The van der Waals surface area contributed by atoms with E-state index in [0.717, 1.165) is 4.57 Å². The molecule has 0 unspecified atom stereocenters. The van der Waals surface area contributed by atoms with Crippen molar-refractivity contribution in [3.8, 4) is 0 Å². The highest BCUT2D eigenvalue weighted by Gasteiger charge is 2.16. The highest BCUT2D eigenvalue weighted by molar-refractivity contribution is 5.89. The molecule has 0 spiro atoms. The lowest BCUT2D eigenvalue weighted by molar-refractivity contribution is 0.0524. The second-order valence-electron chi connectivity index (χ2n) is 3.02. The Balaban J connectivity index is 3.12. The number of ether oxygens (including phenoxy) is 2. The summed E-state index contributed by atoms with van der Waals surface area (Å²) in [5.74, 6) is -0.754. The van der Waals surface area contributed by atoms with Gasteiger partial charge in [0.25, 0.3) is 5.56 Å². The molecule has 17 heavy (non-hydrogen) atoms. The van der Waals surface area contributed by atoms with Crippen molar-refractivity contribution >= 4 is 12.1 Å². The van der Waals surface area contributed by atoms with E-state index in [1.54, 1.807) is 13.8 Å². The summed E-state index contributed by atoms with van der Waals surface area (Å²) in [6, 6.07) is 2.71. The first-order valence-electron chi connectivity index (χ1n) is 5.17. The molecule has 0 aliphatic rings. The standard InChI is InChI=1S/C11H13NO5/c1-3-16-10(14)8-6-5-7-12(9(8)13)11(15)17-4-2/h5-7H,3-4H2,1-2H3. The Morgan fingerprint density at radius 2 is 1.88 bits per heavy atom. The van der Waals surface area contributed by atoms with Crippen LogP contribution in [-0.4, -0.2) is 29.8 Å². The van der Waals surface area contributed by atoms with Crippen molar-refractivity contribution in [3.63, 3.8) is 0 Å². The van der Waals surface area contributed by atoms with Crippen LogP contribution in [0.2, 0.25) is 0 Å². The molecule has 0 amide bonds. The first kappa shape index (κ1) is 13.0. The molecule has 0 bridgehead atoms. The number of rotatable bonds is 3. The summed E-state index contributed by atoms with van der Waals surface area (Å²) in [7, 11) is 0. The number of aromatic nitrogens is 1.